The lowest BCUT2D eigenvalue weighted by Crippen LogP contribution is -2.29. The van der Waals surface area contributed by atoms with Gasteiger partial charge in [0.2, 0.25) is 10.0 Å². The smallest absolute Gasteiger partial charge is 0.213 e. The molecule has 0 saturated carbocycles. The van der Waals surface area contributed by atoms with E-state index in [9.17, 15) is 8.42 Å². The van der Waals surface area contributed by atoms with E-state index in [1.165, 1.54) is 0 Å². The molecule has 27 heavy (non-hydrogen) atoms. The highest BCUT2D eigenvalue weighted by Crippen LogP contribution is 2.22. The van der Waals surface area contributed by atoms with E-state index in [-0.39, 0.29) is 12.4 Å². The van der Waals surface area contributed by atoms with Gasteiger partial charge in [0.1, 0.15) is 0 Å². The van der Waals surface area contributed by atoms with Crippen molar-refractivity contribution >= 4 is 32.5 Å². The van der Waals surface area contributed by atoms with Crippen LogP contribution >= 0.6 is 11.6 Å². The summed E-state index contributed by atoms with van der Waals surface area (Å²) in [6.45, 7) is 1.53. The minimum absolute atomic E-state index is 0.0554. The fourth-order valence-corrected chi connectivity index (χ4v) is 3.86. The van der Waals surface area contributed by atoms with Crippen molar-refractivity contribution in [1.82, 2.24) is 14.5 Å². The van der Waals surface area contributed by atoms with Crippen LogP contribution in [0.15, 0.2) is 54.7 Å². The summed E-state index contributed by atoms with van der Waals surface area (Å²) < 4.78 is 33.9. The number of nitrogens with one attached hydrogen (secondary N) is 1. The lowest BCUT2D eigenvalue weighted by Gasteiger charge is -2.08. The van der Waals surface area contributed by atoms with E-state index in [4.69, 9.17) is 16.3 Å². The molecule has 1 N–H and O–H groups in total. The lowest BCUT2D eigenvalue weighted by molar-refractivity contribution is 0.135. The predicted octanol–water partition coefficient (Wildman–Crippen LogP) is 3.22. The molecule has 1 heterocycles. The summed E-state index contributed by atoms with van der Waals surface area (Å²) in [5.41, 5.74) is 1.97. The van der Waals surface area contributed by atoms with Crippen molar-refractivity contribution < 1.29 is 13.2 Å². The first kappa shape index (κ1) is 19.8. The van der Waals surface area contributed by atoms with E-state index in [1.807, 2.05) is 53.2 Å². The molecule has 0 aliphatic rings. The first-order valence-electron chi connectivity index (χ1n) is 8.74. The maximum absolute atomic E-state index is 12.0. The van der Waals surface area contributed by atoms with Gasteiger partial charge in [-0.3, -0.25) is 4.68 Å². The molecular weight excluding hydrogens is 386 g/mol. The molecular formula is C19H22ClN3O3S. The average Bonchev–Trinajstić information content (AvgIpc) is 3.08. The zero-order valence-electron chi connectivity index (χ0n) is 14.8. The molecule has 0 fully saturated rings. The van der Waals surface area contributed by atoms with Crippen molar-refractivity contribution in [2.24, 2.45) is 0 Å². The molecule has 3 aromatic rings. The Labute approximate surface area is 164 Å². The molecule has 6 nitrogen and oxygen atoms in total. The van der Waals surface area contributed by atoms with Gasteiger partial charge in [0, 0.05) is 18.5 Å². The van der Waals surface area contributed by atoms with Crippen LogP contribution in [0.25, 0.3) is 10.9 Å². The van der Waals surface area contributed by atoms with Crippen molar-refractivity contribution in [2.75, 3.05) is 18.9 Å². The molecule has 8 heteroatoms. The molecule has 0 spiro atoms. The third kappa shape index (κ3) is 5.77. The number of benzene rings is 2. The molecule has 2 aromatic carbocycles. The van der Waals surface area contributed by atoms with Gasteiger partial charge in [0.25, 0.3) is 0 Å². The Kier molecular flexibility index (Phi) is 6.84. The third-order valence-corrected chi connectivity index (χ3v) is 5.79. The molecule has 0 unspecified atom stereocenters. The van der Waals surface area contributed by atoms with Crippen molar-refractivity contribution in [3.8, 4) is 0 Å². The second kappa shape index (κ2) is 9.32. The largest absolute Gasteiger partial charge is 0.376 e. The van der Waals surface area contributed by atoms with Gasteiger partial charge >= 0.3 is 0 Å². The number of hydrogen-bond acceptors (Lipinski definition) is 4. The van der Waals surface area contributed by atoms with Crippen LogP contribution in [0, 0.1) is 0 Å². The first-order chi connectivity index (χ1) is 13.1. The highest BCUT2D eigenvalue weighted by Gasteiger charge is 2.10. The zero-order valence-corrected chi connectivity index (χ0v) is 16.4. The molecule has 3 rings (SSSR count). The van der Waals surface area contributed by atoms with Gasteiger partial charge in [-0.1, -0.05) is 48.0 Å². The number of fused-ring (bicyclic) bond motifs is 1. The summed E-state index contributed by atoms with van der Waals surface area (Å²) in [5.74, 6) is -0.0554. The van der Waals surface area contributed by atoms with Crippen LogP contribution in [0.2, 0.25) is 5.02 Å². The van der Waals surface area contributed by atoms with Crippen LogP contribution in [0.5, 0.6) is 0 Å². The number of ether oxygens (including phenoxy) is 1. The van der Waals surface area contributed by atoms with E-state index < -0.39 is 10.0 Å². The fourth-order valence-electron chi connectivity index (χ4n) is 2.71. The summed E-state index contributed by atoms with van der Waals surface area (Å²) in [7, 11) is -3.35. The Morgan fingerprint density at radius 1 is 1.11 bits per heavy atom. The normalized spacial score (nSPS) is 11.9. The minimum atomic E-state index is -3.35. The summed E-state index contributed by atoms with van der Waals surface area (Å²) >= 11 is 6.13. The van der Waals surface area contributed by atoms with Crippen LogP contribution in [0.3, 0.4) is 0 Å². The van der Waals surface area contributed by atoms with Gasteiger partial charge in [-0.15, -0.1) is 0 Å². The Balaban J connectivity index is 1.38. The third-order valence-electron chi connectivity index (χ3n) is 4.11. The number of hydrogen-bond donors (Lipinski definition) is 1. The van der Waals surface area contributed by atoms with Crippen LogP contribution in [-0.4, -0.2) is 37.1 Å². The number of nitrogens with zero attached hydrogens (tertiary/aromatic N) is 2. The standard InChI is InChI=1S/C19H22ClN3O3S/c20-18-8-4-9-19-17(18)14-21-23(19)11-5-10-22-27(24,25)13-12-26-15-16-6-2-1-3-7-16/h1-4,6-9,14,22H,5,10-13,15H2. The monoisotopic (exact) mass is 407 g/mol. The van der Waals surface area contributed by atoms with E-state index in [2.05, 4.69) is 9.82 Å². The quantitative estimate of drug-likeness (QED) is 0.524. The van der Waals surface area contributed by atoms with Gasteiger partial charge < -0.3 is 4.74 Å². The molecule has 144 valence electrons. The topological polar surface area (TPSA) is 73.2 Å². The second-order valence-corrected chi connectivity index (χ2v) is 8.48. The molecule has 0 aliphatic carbocycles. The number of aryl methyl sites for hydroxylation is 1. The fraction of sp³-hybridized carbons (Fsp3) is 0.316. The maximum atomic E-state index is 12.0. The first-order valence-corrected chi connectivity index (χ1v) is 10.8. The van der Waals surface area contributed by atoms with Gasteiger partial charge in [-0.25, -0.2) is 13.1 Å². The highest BCUT2D eigenvalue weighted by molar-refractivity contribution is 7.89. The van der Waals surface area contributed by atoms with Gasteiger partial charge in [-0.2, -0.15) is 5.10 Å². The van der Waals surface area contributed by atoms with Crippen molar-refractivity contribution in [3.05, 3.63) is 65.3 Å². The Morgan fingerprint density at radius 2 is 1.93 bits per heavy atom. The lowest BCUT2D eigenvalue weighted by atomic mass is 10.2. The highest BCUT2D eigenvalue weighted by atomic mass is 35.5. The van der Waals surface area contributed by atoms with Gasteiger partial charge in [-0.05, 0) is 24.1 Å². The molecule has 0 radical (unpaired) electrons. The second-order valence-electron chi connectivity index (χ2n) is 6.15. The van der Waals surface area contributed by atoms with Crippen LogP contribution in [0.1, 0.15) is 12.0 Å². The molecule has 0 atom stereocenters. The number of rotatable bonds is 10. The summed E-state index contributed by atoms with van der Waals surface area (Å²) in [6.07, 6.45) is 2.36. The zero-order chi connectivity index (χ0) is 19.1. The predicted molar refractivity (Wildman–Crippen MR) is 107 cm³/mol. The van der Waals surface area contributed by atoms with Gasteiger partial charge in [0.15, 0.2) is 0 Å². The summed E-state index contributed by atoms with van der Waals surface area (Å²) in [6, 6.07) is 15.3. The average molecular weight is 408 g/mol. The van der Waals surface area contributed by atoms with E-state index in [0.717, 1.165) is 16.5 Å². The number of sulfonamides is 1. The molecule has 0 bridgehead atoms. The molecule has 0 amide bonds. The Morgan fingerprint density at radius 3 is 2.74 bits per heavy atom. The van der Waals surface area contributed by atoms with E-state index in [1.54, 1.807) is 6.20 Å². The van der Waals surface area contributed by atoms with Crippen molar-refractivity contribution in [3.63, 3.8) is 0 Å². The Hall–Kier alpha value is -1.93. The van der Waals surface area contributed by atoms with Crippen LogP contribution in [0.4, 0.5) is 0 Å². The maximum Gasteiger partial charge on any atom is 0.213 e. The molecule has 0 saturated heterocycles. The van der Waals surface area contributed by atoms with Gasteiger partial charge in [0.05, 0.1) is 35.7 Å². The van der Waals surface area contributed by atoms with E-state index in [0.29, 0.717) is 31.1 Å². The molecule has 1 aromatic heterocycles. The molecule has 0 aliphatic heterocycles. The number of halogens is 1. The summed E-state index contributed by atoms with van der Waals surface area (Å²) in [4.78, 5) is 0. The minimum Gasteiger partial charge on any atom is -0.376 e. The number of aromatic nitrogens is 2. The van der Waals surface area contributed by atoms with E-state index >= 15 is 0 Å². The van der Waals surface area contributed by atoms with Crippen molar-refractivity contribution in [2.45, 2.75) is 19.6 Å². The van der Waals surface area contributed by atoms with Crippen LogP contribution in [-0.2, 0) is 27.9 Å². The van der Waals surface area contributed by atoms with Crippen LogP contribution < -0.4 is 4.72 Å². The summed E-state index contributed by atoms with van der Waals surface area (Å²) in [5, 5.41) is 5.88. The SMILES string of the molecule is O=S(=O)(CCOCc1ccccc1)NCCCn1ncc2c(Cl)cccc21. The van der Waals surface area contributed by atoms with Crippen molar-refractivity contribution in [1.29, 1.82) is 0 Å². The Bertz CT molecular complexity index is 974.